The van der Waals surface area contributed by atoms with Gasteiger partial charge in [-0.1, -0.05) is 176 Å². The van der Waals surface area contributed by atoms with Gasteiger partial charge in [-0.15, -0.1) is 11.3 Å². The molecule has 13 aromatic rings. The Bertz CT molecular complexity index is 3910. The smallest absolute Gasteiger partial charge is 0.143 e. The van der Waals surface area contributed by atoms with Crippen LogP contribution in [0.5, 0.6) is 0 Å². The van der Waals surface area contributed by atoms with Crippen molar-refractivity contribution in [3.05, 3.63) is 231 Å². The van der Waals surface area contributed by atoms with Crippen LogP contribution < -0.4 is 4.90 Å². The van der Waals surface area contributed by atoms with E-state index < -0.39 is 0 Å². The molecule has 0 aliphatic rings. The van der Waals surface area contributed by atoms with E-state index in [0.29, 0.717) is 0 Å². The first-order valence-electron chi connectivity index (χ1n) is 21.8. The molecule has 0 radical (unpaired) electrons. The minimum Gasteiger partial charge on any atom is -0.455 e. The van der Waals surface area contributed by atoms with Crippen molar-refractivity contribution in [1.29, 1.82) is 0 Å². The first-order valence-corrected chi connectivity index (χ1v) is 22.6. The molecule has 64 heavy (non-hydrogen) atoms. The Hall–Kier alpha value is -8.18. The summed E-state index contributed by atoms with van der Waals surface area (Å²) < 4.78 is 11.7. The number of benzene rings is 10. The topological polar surface area (TPSA) is 21.3 Å². The summed E-state index contributed by atoms with van der Waals surface area (Å²) in [6.45, 7) is 0. The SMILES string of the molecule is c1ccc(-c2ccc(N(c3ccc4c5ccccc5n(-c5ccccc5-c5cccc6c5oc5ccccc56)c4c3)c3ccccc3-c3cccc4c3sc3ccccc34)cc2)cc1. The molecule has 0 unspecified atom stereocenters. The number of furan rings is 1. The Morgan fingerprint density at radius 2 is 0.984 bits per heavy atom. The van der Waals surface area contributed by atoms with Gasteiger partial charge >= 0.3 is 0 Å². The molecule has 0 saturated heterocycles. The highest BCUT2D eigenvalue weighted by atomic mass is 32.1. The zero-order valence-corrected chi connectivity index (χ0v) is 35.5. The van der Waals surface area contributed by atoms with Crippen LogP contribution in [-0.2, 0) is 0 Å². The maximum Gasteiger partial charge on any atom is 0.143 e. The molecule has 0 amide bonds. The molecule has 3 nitrogen and oxygen atoms in total. The number of aromatic nitrogens is 1. The van der Waals surface area contributed by atoms with E-state index in [0.717, 1.165) is 66.8 Å². The molecule has 0 N–H and O–H groups in total. The molecular formula is C60H38N2OS. The highest BCUT2D eigenvalue weighted by molar-refractivity contribution is 7.26. The summed E-state index contributed by atoms with van der Waals surface area (Å²) >= 11 is 1.87. The summed E-state index contributed by atoms with van der Waals surface area (Å²) in [4.78, 5) is 2.44. The molecule has 0 bridgehead atoms. The molecule has 3 aromatic heterocycles. The minimum atomic E-state index is 0.893. The van der Waals surface area contributed by atoms with Gasteiger partial charge in [0.05, 0.1) is 22.4 Å². The molecule has 0 fully saturated rings. The van der Waals surface area contributed by atoms with Crippen LogP contribution in [0, 0.1) is 0 Å². The number of hydrogen-bond acceptors (Lipinski definition) is 3. The predicted molar refractivity (Wildman–Crippen MR) is 272 cm³/mol. The van der Waals surface area contributed by atoms with Gasteiger partial charge in [0.15, 0.2) is 0 Å². The largest absolute Gasteiger partial charge is 0.455 e. The fraction of sp³-hybridized carbons (Fsp3) is 0. The van der Waals surface area contributed by atoms with Crippen molar-refractivity contribution in [2.75, 3.05) is 4.90 Å². The van der Waals surface area contributed by atoms with Crippen LogP contribution in [0.2, 0.25) is 0 Å². The van der Waals surface area contributed by atoms with Crippen LogP contribution in [0.4, 0.5) is 17.1 Å². The average Bonchev–Trinajstić information content (AvgIpc) is 4.04. The lowest BCUT2D eigenvalue weighted by atomic mass is 9.99. The quantitative estimate of drug-likeness (QED) is 0.159. The van der Waals surface area contributed by atoms with E-state index in [2.05, 4.69) is 234 Å². The Labute approximate surface area is 373 Å². The number of anilines is 3. The van der Waals surface area contributed by atoms with Crippen molar-refractivity contribution in [3.8, 4) is 39.1 Å². The van der Waals surface area contributed by atoms with Crippen molar-refractivity contribution >= 4 is 92.3 Å². The summed E-state index contributed by atoms with van der Waals surface area (Å²) in [6, 6.07) is 83.4. The molecule has 300 valence electrons. The van der Waals surface area contributed by atoms with E-state index in [9.17, 15) is 0 Å². The van der Waals surface area contributed by atoms with E-state index in [4.69, 9.17) is 4.42 Å². The Balaban J connectivity index is 1.05. The summed E-state index contributed by atoms with van der Waals surface area (Å²) in [7, 11) is 0. The average molecular weight is 835 g/mol. The molecule has 10 aromatic carbocycles. The predicted octanol–water partition coefficient (Wildman–Crippen LogP) is 17.5. The van der Waals surface area contributed by atoms with Crippen LogP contribution in [0.3, 0.4) is 0 Å². The van der Waals surface area contributed by atoms with E-state index in [-0.39, 0.29) is 0 Å². The maximum absolute atomic E-state index is 6.65. The molecule has 4 heteroatoms. The molecule has 0 aliphatic heterocycles. The van der Waals surface area contributed by atoms with Gasteiger partial charge in [0.1, 0.15) is 11.2 Å². The highest BCUT2D eigenvalue weighted by Gasteiger charge is 2.23. The van der Waals surface area contributed by atoms with Crippen LogP contribution >= 0.6 is 11.3 Å². The second-order valence-corrected chi connectivity index (χ2v) is 17.4. The fourth-order valence-electron chi connectivity index (χ4n) is 9.93. The number of nitrogens with zero attached hydrogens (tertiary/aromatic N) is 2. The first-order chi connectivity index (χ1) is 31.8. The monoisotopic (exact) mass is 834 g/mol. The summed E-state index contributed by atoms with van der Waals surface area (Å²) in [5, 5.41) is 7.22. The molecule has 0 atom stereocenters. The first kappa shape index (κ1) is 36.5. The van der Waals surface area contributed by atoms with Gasteiger partial charge in [0.25, 0.3) is 0 Å². The van der Waals surface area contributed by atoms with Crippen LogP contribution in [0.15, 0.2) is 235 Å². The third-order valence-electron chi connectivity index (χ3n) is 12.8. The lowest BCUT2D eigenvalue weighted by Crippen LogP contribution is -2.11. The van der Waals surface area contributed by atoms with Crippen molar-refractivity contribution in [2.24, 2.45) is 0 Å². The Kier molecular flexibility index (Phi) is 8.40. The molecule has 0 saturated carbocycles. The second kappa shape index (κ2) is 14.7. The number of rotatable bonds is 7. The Morgan fingerprint density at radius 1 is 0.375 bits per heavy atom. The van der Waals surface area contributed by atoms with Gasteiger partial charge in [-0.2, -0.15) is 0 Å². The van der Waals surface area contributed by atoms with Crippen molar-refractivity contribution in [2.45, 2.75) is 0 Å². The van der Waals surface area contributed by atoms with Gasteiger partial charge in [0, 0.05) is 75.3 Å². The number of thiophene rings is 1. The number of fused-ring (bicyclic) bond motifs is 9. The Morgan fingerprint density at radius 3 is 1.86 bits per heavy atom. The molecular weight excluding hydrogens is 797 g/mol. The zero-order valence-electron chi connectivity index (χ0n) is 34.7. The van der Waals surface area contributed by atoms with Crippen LogP contribution in [0.25, 0.3) is 103 Å². The number of para-hydroxylation sites is 5. The van der Waals surface area contributed by atoms with Crippen molar-refractivity contribution < 1.29 is 4.42 Å². The molecule has 0 spiro atoms. The zero-order chi connectivity index (χ0) is 42.1. The maximum atomic E-state index is 6.65. The van der Waals surface area contributed by atoms with Gasteiger partial charge in [-0.25, -0.2) is 0 Å². The van der Waals surface area contributed by atoms with Crippen LogP contribution in [0.1, 0.15) is 0 Å². The molecule has 13 rings (SSSR count). The highest BCUT2D eigenvalue weighted by Crippen LogP contribution is 2.48. The number of hydrogen-bond donors (Lipinski definition) is 0. The van der Waals surface area contributed by atoms with Gasteiger partial charge in [-0.3, -0.25) is 0 Å². The summed E-state index contributed by atoms with van der Waals surface area (Å²) in [5.41, 5.74) is 15.4. The lowest BCUT2D eigenvalue weighted by molar-refractivity contribution is 0.670. The third-order valence-corrected chi connectivity index (χ3v) is 14.0. The normalized spacial score (nSPS) is 11.8. The third kappa shape index (κ3) is 5.73. The van der Waals surface area contributed by atoms with Gasteiger partial charge in [0.2, 0.25) is 0 Å². The van der Waals surface area contributed by atoms with Crippen LogP contribution in [-0.4, -0.2) is 4.57 Å². The lowest BCUT2D eigenvalue weighted by Gasteiger charge is -2.28. The van der Waals surface area contributed by atoms with Gasteiger partial charge < -0.3 is 13.9 Å². The summed E-state index contributed by atoms with van der Waals surface area (Å²) in [5.74, 6) is 0. The standard InChI is InChI=1S/C60H38N2OS/c1-2-16-39(17-3-1)40-32-34-41(35-33-40)61(53-27-9-6-20-45(53)51-25-15-26-52-48-22-8-13-31-58(48)64-60(51)52)42-36-37-46-43-18-4-10-28-54(43)62(56(46)38-42)55-29-11-5-19-44(55)49-23-14-24-50-47-21-7-12-30-57(47)63-59(49)50/h1-38H. The van der Waals surface area contributed by atoms with E-state index >= 15 is 0 Å². The fourth-order valence-corrected chi connectivity index (χ4v) is 11.2. The molecule has 3 heterocycles. The van der Waals surface area contributed by atoms with Crippen molar-refractivity contribution in [1.82, 2.24) is 4.57 Å². The van der Waals surface area contributed by atoms with E-state index in [1.165, 1.54) is 53.2 Å². The van der Waals surface area contributed by atoms with E-state index in [1.807, 2.05) is 17.4 Å². The molecule has 0 aliphatic carbocycles. The summed E-state index contributed by atoms with van der Waals surface area (Å²) in [6.07, 6.45) is 0. The van der Waals surface area contributed by atoms with E-state index in [1.54, 1.807) is 0 Å². The second-order valence-electron chi connectivity index (χ2n) is 16.4. The van der Waals surface area contributed by atoms with Gasteiger partial charge in [-0.05, 0) is 65.7 Å². The minimum absolute atomic E-state index is 0.893. The van der Waals surface area contributed by atoms with Crippen molar-refractivity contribution in [3.63, 3.8) is 0 Å².